The minimum Gasteiger partial charge on any atom is -0.337 e. The first-order chi connectivity index (χ1) is 10.6. The van der Waals surface area contributed by atoms with E-state index in [1.54, 1.807) is 0 Å². The highest BCUT2D eigenvalue weighted by Crippen LogP contribution is 2.28. The van der Waals surface area contributed by atoms with Crippen LogP contribution in [0.25, 0.3) is 5.52 Å². The Bertz CT molecular complexity index is 855. The summed E-state index contributed by atoms with van der Waals surface area (Å²) in [5.41, 5.74) is 4.23. The van der Waals surface area contributed by atoms with E-state index in [2.05, 4.69) is 18.1 Å². The lowest BCUT2D eigenvalue weighted by Gasteiger charge is -2.39. The van der Waals surface area contributed by atoms with Crippen LogP contribution in [0.15, 0.2) is 42.9 Å². The number of hydrogen-bond donors (Lipinski definition) is 0. The van der Waals surface area contributed by atoms with Gasteiger partial charge in [-0.05, 0) is 30.7 Å². The highest BCUT2D eigenvalue weighted by molar-refractivity contribution is 5.96. The number of amides is 1. The summed E-state index contributed by atoms with van der Waals surface area (Å²) in [6.07, 6.45) is 5.71. The maximum atomic E-state index is 12.6. The number of pyridine rings is 1. The lowest BCUT2D eigenvalue weighted by atomic mass is 9.95. The van der Waals surface area contributed by atoms with Crippen molar-refractivity contribution in [3.63, 3.8) is 0 Å². The second-order valence-electron chi connectivity index (χ2n) is 6.00. The van der Waals surface area contributed by atoms with Gasteiger partial charge in [-0.2, -0.15) is 5.10 Å². The van der Waals surface area contributed by atoms with E-state index in [9.17, 15) is 4.79 Å². The third kappa shape index (κ3) is 1.93. The van der Waals surface area contributed by atoms with E-state index in [0.717, 1.165) is 24.2 Å². The molecule has 0 atom stereocenters. The number of nitrogens with zero attached hydrogens (tertiary/aromatic N) is 4. The molecule has 5 heteroatoms. The summed E-state index contributed by atoms with van der Waals surface area (Å²) in [5, 5.41) is 4.20. The average Bonchev–Trinajstić information content (AvgIpc) is 3.05. The summed E-state index contributed by atoms with van der Waals surface area (Å²) in [7, 11) is 1.95. The largest absolute Gasteiger partial charge is 0.337 e. The highest BCUT2D eigenvalue weighted by atomic mass is 16.2. The average molecular weight is 294 g/mol. The number of likely N-dealkylation sites (tertiary alicyclic amines) is 1. The Balaban J connectivity index is 1.53. The van der Waals surface area contributed by atoms with E-state index in [1.165, 1.54) is 11.3 Å². The Morgan fingerprint density at radius 2 is 2.14 bits per heavy atom. The number of aromatic nitrogens is 3. The van der Waals surface area contributed by atoms with Crippen molar-refractivity contribution >= 4 is 11.4 Å². The third-order valence-corrected chi connectivity index (χ3v) is 4.54. The van der Waals surface area contributed by atoms with Crippen molar-refractivity contribution in [3.05, 3.63) is 59.7 Å². The van der Waals surface area contributed by atoms with Crippen molar-refractivity contribution in [1.82, 2.24) is 19.1 Å². The van der Waals surface area contributed by atoms with E-state index >= 15 is 0 Å². The molecule has 3 aromatic rings. The van der Waals surface area contributed by atoms with Crippen molar-refractivity contribution in [2.45, 2.75) is 12.8 Å². The molecular weight excluding hydrogens is 276 g/mol. The van der Waals surface area contributed by atoms with Crippen LogP contribution in [0.5, 0.6) is 0 Å². The van der Waals surface area contributed by atoms with Crippen molar-refractivity contribution in [2.75, 3.05) is 13.1 Å². The fourth-order valence-corrected chi connectivity index (χ4v) is 3.20. The molecule has 0 spiro atoms. The first kappa shape index (κ1) is 13.1. The van der Waals surface area contributed by atoms with Crippen LogP contribution in [0.1, 0.15) is 27.5 Å². The molecule has 4 heterocycles. The molecule has 1 aliphatic rings. The summed E-state index contributed by atoms with van der Waals surface area (Å²) >= 11 is 0. The Morgan fingerprint density at radius 3 is 2.82 bits per heavy atom. The molecule has 0 N–H and O–H groups in total. The van der Waals surface area contributed by atoms with Gasteiger partial charge < -0.3 is 9.30 Å². The molecule has 5 nitrogen and oxygen atoms in total. The quantitative estimate of drug-likeness (QED) is 0.727. The van der Waals surface area contributed by atoms with Gasteiger partial charge >= 0.3 is 0 Å². The molecule has 0 aromatic carbocycles. The molecule has 1 fully saturated rings. The maximum Gasteiger partial charge on any atom is 0.255 e. The maximum absolute atomic E-state index is 12.6. The monoisotopic (exact) mass is 294 g/mol. The van der Waals surface area contributed by atoms with Gasteiger partial charge in [-0.25, -0.2) is 0 Å². The molecule has 0 saturated carbocycles. The first-order valence-corrected chi connectivity index (χ1v) is 7.48. The smallest absolute Gasteiger partial charge is 0.255 e. The molecule has 0 aliphatic carbocycles. The molecule has 1 amide bonds. The SMILES string of the molecule is Cc1cccn2cc(C(=O)N3CC(c4ccnn4C)C3)cc12. The van der Waals surface area contributed by atoms with Gasteiger partial charge in [0.05, 0.1) is 5.56 Å². The fraction of sp³-hybridized carbons (Fsp3) is 0.294. The highest BCUT2D eigenvalue weighted by Gasteiger charge is 2.34. The lowest BCUT2D eigenvalue weighted by Crippen LogP contribution is -2.48. The minimum atomic E-state index is 0.113. The normalized spacial score (nSPS) is 15.3. The van der Waals surface area contributed by atoms with Crippen LogP contribution in [-0.4, -0.2) is 38.1 Å². The van der Waals surface area contributed by atoms with Crippen LogP contribution < -0.4 is 0 Å². The van der Waals surface area contributed by atoms with Crippen molar-refractivity contribution < 1.29 is 4.79 Å². The predicted molar refractivity (Wildman–Crippen MR) is 84.0 cm³/mol. The van der Waals surface area contributed by atoms with Crippen molar-refractivity contribution in [1.29, 1.82) is 0 Å². The Hall–Kier alpha value is -2.56. The number of rotatable bonds is 2. The molecule has 1 saturated heterocycles. The number of carbonyl (C=O) groups excluding carboxylic acids is 1. The van der Waals surface area contributed by atoms with E-state index in [1.807, 2.05) is 57.8 Å². The zero-order valence-electron chi connectivity index (χ0n) is 12.7. The van der Waals surface area contributed by atoms with E-state index in [0.29, 0.717) is 5.92 Å². The number of hydrogen-bond acceptors (Lipinski definition) is 2. The number of aryl methyl sites for hydroxylation is 2. The van der Waals surface area contributed by atoms with Crippen LogP contribution in [0.4, 0.5) is 0 Å². The second kappa shape index (κ2) is 4.73. The van der Waals surface area contributed by atoms with Gasteiger partial charge in [0, 0.05) is 55.9 Å². The van der Waals surface area contributed by atoms with Gasteiger partial charge in [0.25, 0.3) is 5.91 Å². The van der Waals surface area contributed by atoms with Crippen LogP contribution in [-0.2, 0) is 7.05 Å². The zero-order valence-corrected chi connectivity index (χ0v) is 12.7. The lowest BCUT2D eigenvalue weighted by molar-refractivity contribution is 0.0595. The number of fused-ring (bicyclic) bond motifs is 1. The van der Waals surface area contributed by atoms with Gasteiger partial charge in [-0.15, -0.1) is 0 Å². The molecule has 3 aromatic heterocycles. The van der Waals surface area contributed by atoms with Crippen LogP contribution in [0.3, 0.4) is 0 Å². The van der Waals surface area contributed by atoms with Gasteiger partial charge in [-0.3, -0.25) is 9.48 Å². The summed E-state index contributed by atoms with van der Waals surface area (Å²) in [5.74, 6) is 0.511. The van der Waals surface area contributed by atoms with Gasteiger partial charge in [-0.1, -0.05) is 6.07 Å². The summed E-state index contributed by atoms with van der Waals surface area (Å²) in [6, 6.07) is 8.07. The topological polar surface area (TPSA) is 42.5 Å². The van der Waals surface area contributed by atoms with Crippen LogP contribution >= 0.6 is 0 Å². The fourth-order valence-electron chi connectivity index (χ4n) is 3.20. The van der Waals surface area contributed by atoms with Crippen LogP contribution in [0, 0.1) is 6.92 Å². The predicted octanol–water partition coefficient (Wildman–Crippen LogP) is 2.22. The Labute approximate surface area is 128 Å². The van der Waals surface area contributed by atoms with E-state index in [4.69, 9.17) is 0 Å². The van der Waals surface area contributed by atoms with Gasteiger partial charge in [0.15, 0.2) is 0 Å². The third-order valence-electron chi connectivity index (χ3n) is 4.54. The molecule has 22 heavy (non-hydrogen) atoms. The zero-order chi connectivity index (χ0) is 15.3. The van der Waals surface area contributed by atoms with Crippen LogP contribution in [0.2, 0.25) is 0 Å². The second-order valence-corrected chi connectivity index (χ2v) is 6.00. The minimum absolute atomic E-state index is 0.113. The molecule has 0 bridgehead atoms. The van der Waals surface area contributed by atoms with E-state index in [-0.39, 0.29) is 5.91 Å². The van der Waals surface area contributed by atoms with Gasteiger partial charge in [0.1, 0.15) is 0 Å². The standard InChI is InChI=1S/C17H18N4O/c1-12-4-3-7-20-9-13(8-16(12)20)17(22)21-10-14(11-21)15-5-6-18-19(15)2/h3-9,14H,10-11H2,1-2H3. The summed E-state index contributed by atoms with van der Waals surface area (Å²) in [6.45, 7) is 3.60. The molecule has 1 aliphatic heterocycles. The molecular formula is C17H18N4O. The Kier molecular flexibility index (Phi) is 2.82. The first-order valence-electron chi connectivity index (χ1n) is 7.48. The Morgan fingerprint density at radius 1 is 1.32 bits per heavy atom. The van der Waals surface area contributed by atoms with Crippen molar-refractivity contribution in [3.8, 4) is 0 Å². The molecule has 0 radical (unpaired) electrons. The molecule has 0 unspecified atom stereocenters. The van der Waals surface area contributed by atoms with Crippen molar-refractivity contribution in [2.24, 2.45) is 7.05 Å². The summed E-state index contributed by atoms with van der Waals surface area (Å²) in [4.78, 5) is 14.5. The molecule has 112 valence electrons. The van der Waals surface area contributed by atoms with Gasteiger partial charge in [0.2, 0.25) is 0 Å². The summed E-state index contributed by atoms with van der Waals surface area (Å²) < 4.78 is 3.91. The number of carbonyl (C=O) groups is 1. The molecule has 4 rings (SSSR count). The van der Waals surface area contributed by atoms with E-state index < -0.39 is 0 Å².